The molecule has 0 atom stereocenters. The molecule has 31 heavy (non-hydrogen) atoms. The highest BCUT2D eigenvalue weighted by Gasteiger charge is 2.32. The van der Waals surface area contributed by atoms with E-state index in [-0.39, 0.29) is 12.1 Å². The molecule has 2 heterocycles. The first-order valence-corrected chi connectivity index (χ1v) is 11.6. The first kappa shape index (κ1) is 21.8. The summed E-state index contributed by atoms with van der Waals surface area (Å²) in [6.07, 6.45) is 2.53. The lowest BCUT2D eigenvalue weighted by molar-refractivity contribution is 0.0624. The molecule has 2 aromatic carbocycles. The number of nitrogens with zero attached hydrogens (tertiary/aromatic N) is 3. The number of nitrogens with one attached hydrogen (secondary N) is 1. The van der Waals surface area contributed by atoms with Gasteiger partial charge in [-0.25, -0.2) is 4.79 Å². The molecular weight excluding hydrogens is 384 g/mol. The zero-order valence-electron chi connectivity index (χ0n) is 19.0. The molecule has 2 amide bonds. The van der Waals surface area contributed by atoms with Crippen LogP contribution < -0.4 is 5.32 Å². The zero-order valence-corrected chi connectivity index (χ0v) is 19.0. The minimum absolute atomic E-state index is 0.0304. The highest BCUT2D eigenvalue weighted by atomic mass is 16.2. The Balaban J connectivity index is 1.34. The smallest absolute Gasteiger partial charge is 0.318 e. The van der Waals surface area contributed by atoms with Gasteiger partial charge in [-0.3, -0.25) is 4.90 Å². The van der Waals surface area contributed by atoms with E-state index in [4.69, 9.17) is 0 Å². The summed E-state index contributed by atoms with van der Waals surface area (Å²) >= 11 is 0. The van der Waals surface area contributed by atoms with Gasteiger partial charge in [0, 0.05) is 32.7 Å². The topological polar surface area (TPSA) is 38.8 Å². The molecule has 0 aliphatic carbocycles. The number of likely N-dealkylation sites (tertiary alicyclic amines) is 1. The predicted molar refractivity (Wildman–Crippen MR) is 126 cm³/mol. The van der Waals surface area contributed by atoms with Crippen LogP contribution >= 0.6 is 0 Å². The predicted octanol–water partition coefficient (Wildman–Crippen LogP) is 3.84. The van der Waals surface area contributed by atoms with E-state index in [2.05, 4.69) is 53.4 Å². The van der Waals surface area contributed by atoms with Crippen molar-refractivity contribution >= 4 is 6.03 Å². The van der Waals surface area contributed by atoms with Crippen LogP contribution in [0.4, 0.5) is 4.79 Å². The fourth-order valence-corrected chi connectivity index (χ4v) is 4.83. The Morgan fingerprint density at radius 1 is 0.871 bits per heavy atom. The molecule has 0 unspecified atom stereocenters. The van der Waals surface area contributed by atoms with Crippen molar-refractivity contribution in [2.45, 2.75) is 25.8 Å². The number of urea groups is 1. The summed E-state index contributed by atoms with van der Waals surface area (Å²) in [7, 11) is 2.22. The SMILES string of the molecule is CN1CCC(C)(CN2CCN(C(=O)NC(c3ccccc3)c3ccccc3)CC2)CC1. The molecule has 2 aromatic rings. The van der Waals surface area contributed by atoms with Crippen LogP contribution in [0.2, 0.25) is 0 Å². The van der Waals surface area contributed by atoms with Gasteiger partial charge < -0.3 is 15.1 Å². The second-order valence-corrected chi connectivity index (χ2v) is 9.58. The Bertz CT molecular complexity index is 786. The van der Waals surface area contributed by atoms with Crippen LogP contribution in [-0.2, 0) is 0 Å². The van der Waals surface area contributed by atoms with E-state index >= 15 is 0 Å². The highest BCUT2D eigenvalue weighted by Crippen LogP contribution is 2.31. The van der Waals surface area contributed by atoms with Gasteiger partial charge in [0.1, 0.15) is 0 Å². The fourth-order valence-electron chi connectivity index (χ4n) is 4.83. The van der Waals surface area contributed by atoms with Gasteiger partial charge in [0.25, 0.3) is 0 Å². The van der Waals surface area contributed by atoms with Crippen molar-refractivity contribution in [1.29, 1.82) is 0 Å². The molecule has 0 spiro atoms. The summed E-state index contributed by atoms with van der Waals surface area (Å²) in [5.74, 6) is 0. The molecule has 0 bridgehead atoms. The van der Waals surface area contributed by atoms with E-state index in [0.717, 1.165) is 43.9 Å². The molecule has 2 aliphatic heterocycles. The van der Waals surface area contributed by atoms with Crippen LogP contribution in [0.25, 0.3) is 0 Å². The van der Waals surface area contributed by atoms with Crippen molar-refractivity contribution in [3.63, 3.8) is 0 Å². The molecule has 0 radical (unpaired) electrons. The van der Waals surface area contributed by atoms with Crippen LogP contribution in [0.3, 0.4) is 0 Å². The normalized spacial score (nSPS) is 20.0. The summed E-state index contributed by atoms with van der Waals surface area (Å²) in [5, 5.41) is 3.29. The number of piperidine rings is 1. The molecule has 2 aliphatic rings. The van der Waals surface area contributed by atoms with Crippen molar-refractivity contribution in [3.05, 3.63) is 71.8 Å². The third-order valence-corrected chi connectivity index (χ3v) is 6.99. The molecule has 5 nitrogen and oxygen atoms in total. The number of amides is 2. The third kappa shape index (κ3) is 5.66. The number of benzene rings is 2. The van der Waals surface area contributed by atoms with Gasteiger partial charge in [0.2, 0.25) is 0 Å². The van der Waals surface area contributed by atoms with Crippen LogP contribution in [0.15, 0.2) is 60.7 Å². The van der Waals surface area contributed by atoms with Crippen LogP contribution in [-0.4, -0.2) is 73.6 Å². The van der Waals surface area contributed by atoms with Crippen LogP contribution in [0, 0.1) is 5.41 Å². The third-order valence-electron chi connectivity index (χ3n) is 6.99. The van der Waals surface area contributed by atoms with Gasteiger partial charge >= 0.3 is 6.03 Å². The number of piperazine rings is 1. The monoisotopic (exact) mass is 420 g/mol. The lowest BCUT2D eigenvalue weighted by atomic mass is 9.80. The average molecular weight is 421 g/mol. The van der Waals surface area contributed by atoms with Gasteiger partial charge in [-0.15, -0.1) is 0 Å². The molecule has 166 valence electrons. The van der Waals surface area contributed by atoms with Gasteiger partial charge in [-0.05, 0) is 49.5 Å². The van der Waals surface area contributed by atoms with Crippen molar-refractivity contribution in [3.8, 4) is 0 Å². The van der Waals surface area contributed by atoms with Crippen molar-refractivity contribution in [2.75, 3.05) is 52.9 Å². The van der Waals surface area contributed by atoms with Crippen molar-refractivity contribution in [2.24, 2.45) is 5.41 Å². The lowest BCUT2D eigenvalue weighted by Gasteiger charge is -2.43. The summed E-state index contributed by atoms with van der Waals surface area (Å²) in [6.45, 7) is 9.46. The molecule has 5 heteroatoms. The Kier molecular flexibility index (Phi) is 6.93. The molecule has 4 rings (SSSR count). The van der Waals surface area contributed by atoms with E-state index in [1.165, 1.54) is 25.9 Å². The largest absolute Gasteiger partial charge is 0.327 e. The standard InChI is InChI=1S/C26H36N4O/c1-26(13-15-28(2)16-14-26)21-29-17-19-30(20-18-29)25(31)27-24(22-9-5-3-6-10-22)23-11-7-4-8-12-23/h3-12,24H,13-21H2,1-2H3,(H,27,31). The maximum absolute atomic E-state index is 13.1. The van der Waals surface area contributed by atoms with E-state index < -0.39 is 0 Å². The van der Waals surface area contributed by atoms with Crippen LogP contribution in [0.1, 0.15) is 36.9 Å². The van der Waals surface area contributed by atoms with Gasteiger partial charge in [0.15, 0.2) is 0 Å². The Morgan fingerprint density at radius 3 is 1.90 bits per heavy atom. The summed E-state index contributed by atoms with van der Waals surface area (Å²) < 4.78 is 0. The molecule has 2 fully saturated rings. The van der Waals surface area contributed by atoms with Gasteiger partial charge in [-0.2, -0.15) is 0 Å². The molecule has 0 aromatic heterocycles. The lowest BCUT2D eigenvalue weighted by Crippen LogP contribution is -2.54. The Morgan fingerprint density at radius 2 is 1.39 bits per heavy atom. The fraction of sp³-hybridized carbons (Fsp3) is 0.500. The summed E-state index contributed by atoms with van der Waals surface area (Å²) in [6, 6.07) is 20.4. The van der Waals surface area contributed by atoms with Gasteiger partial charge in [-0.1, -0.05) is 67.6 Å². The van der Waals surface area contributed by atoms with E-state index in [1.807, 2.05) is 41.3 Å². The first-order chi connectivity index (χ1) is 15.0. The van der Waals surface area contributed by atoms with E-state index in [1.54, 1.807) is 0 Å². The van der Waals surface area contributed by atoms with Gasteiger partial charge in [0.05, 0.1) is 6.04 Å². The quantitative estimate of drug-likeness (QED) is 0.799. The highest BCUT2D eigenvalue weighted by molar-refractivity contribution is 5.75. The van der Waals surface area contributed by atoms with E-state index in [9.17, 15) is 4.79 Å². The summed E-state index contributed by atoms with van der Waals surface area (Å²) in [4.78, 5) is 20.1. The number of carbonyl (C=O) groups is 1. The Labute approximate surface area is 187 Å². The molecule has 0 saturated carbocycles. The second-order valence-electron chi connectivity index (χ2n) is 9.58. The van der Waals surface area contributed by atoms with Crippen molar-refractivity contribution in [1.82, 2.24) is 20.0 Å². The summed E-state index contributed by atoms with van der Waals surface area (Å²) in [5.41, 5.74) is 2.62. The molecule has 1 N–H and O–H groups in total. The number of hydrogen-bond donors (Lipinski definition) is 1. The second kappa shape index (κ2) is 9.84. The molecule has 2 saturated heterocycles. The average Bonchev–Trinajstić information content (AvgIpc) is 2.81. The molecular formula is C26H36N4O. The number of carbonyl (C=O) groups excluding carboxylic acids is 1. The maximum atomic E-state index is 13.1. The van der Waals surface area contributed by atoms with Crippen molar-refractivity contribution < 1.29 is 4.79 Å². The number of rotatable bonds is 5. The first-order valence-electron chi connectivity index (χ1n) is 11.6. The number of hydrogen-bond acceptors (Lipinski definition) is 3. The Hall–Kier alpha value is -2.37. The minimum Gasteiger partial charge on any atom is -0.327 e. The zero-order chi connectivity index (χ0) is 21.7. The van der Waals surface area contributed by atoms with Crippen LogP contribution in [0.5, 0.6) is 0 Å². The van der Waals surface area contributed by atoms with E-state index in [0.29, 0.717) is 5.41 Å². The minimum atomic E-state index is -0.133. The maximum Gasteiger partial charge on any atom is 0.318 e.